The van der Waals surface area contributed by atoms with Gasteiger partial charge in [0.25, 0.3) is 0 Å². The Morgan fingerprint density at radius 3 is 2.33 bits per heavy atom. The zero-order chi connectivity index (χ0) is 12.1. The molecule has 0 aromatic carbocycles. The second-order valence-electron chi connectivity index (χ2n) is 3.23. The van der Waals surface area contributed by atoms with E-state index in [2.05, 4.69) is 0 Å². The van der Waals surface area contributed by atoms with Crippen LogP contribution in [0.1, 0.15) is 12.8 Å². The first-order valence-electron chi connectivity index (χ1n) is 4.31. The number of ether oxygens (including phenoxy) is 1. The van der Waals surface area contributed by atoms with Gasteiger partial charge in [0.2, 0.25) is 3.79 Å². The standard InChI is InChI=1S/C8H14Cl3NO3/c1-12(2)7(8(9,10)11)15-5-3-4-6(13)14/h7H,3-5H2,1-2H3,(H,13,14)/t7-/m1/s1. The van der Waals surface area contributed by atoms with Crippen molar-refractivity contribution in [1.82, 2.24) is 4.90 Å². The van der Waals surface area contributed by atoms with E-state index in [-0.39, 0.29) is 13.0 Å². The maximum Gasteiger partial charge on any atom is 0.303 e. The lowest BCUT2D eigenvalue weighted by Gasteiger charge is -2.30. The lowest BCUT2D eigenvalue weighted by atomic mass is 10.3. The van der Waals surface area contributed by atoms with Crippen molar-refractivity contribution in [2.75, 3.05) is 20.7 Å². The summed E-state index contributed by atoms with van der Waals surface area (Å²) in [5.41, 5.74) is 0. The molecule has 4 nitrogen and oxygen atoms in total. The van der Waals surface area contributed by atoms with Crippen LogP contribution in [0.25, 0.3) is 0 Å². The number of aliphatic carboxylic acids is 1. The van der Waals surface area contributed by atoms with Crippen LogP contribution in [0.4, 0.5) is 0 Å². The molecule has 1 N–H and O–H groups in total. The van der Waals surface area contributed by atoms with Crippen molar-refractivity contribution in [3.63, 3.8) is 0 Å². The van der Waals surface area contributed by atoms with Crippen LogP contribution < -0.4 is 0 Å². The predicted octanol–water partition coefficient (Wildman–Crippen LogP) is 2.13. The third-order valence-electron chi connectivity index (χ3n) is 1.56. The minimum atomic E-state index is -1.55. The van der Waals surface area contributed by atoms with Crippen LogP contribution in [0.15, 0.2) is 0 Å². The summed E-state index contributed by atoms with van der Waals surface area (Å²) < 4.78 is 3.74. The van der Waals surface area contributed by atoms with Gasteiger partial charge in [-0.1, -0.05) is 34.8 Å². The fraction of sp³-hybridized carbons (Fsp3) is 0.875. The number of alkyl halides is 3. The first-order chi connectivity index (χ1) is 6.75. The number of carbonyl (C=O) groups is 1. The van der Waals surface area contributed by atoms with Gasteiger partial charge in [-0.3, -0.25) is 9.69 Å². The average Bonchev–Trinajstić information content (AvgIpc) is 1.99. The summed E-state index contributed by atoms with van der Waals surface area (Å²) in [5.74, 6) is -0.867. The number of halogens is 3. The van der Waals surface area contributed by atoms with Gasteiger partial charge in [0.15, 0.2) is 6.23 Å². The minimum absolute atomic E-state index is 0.0417. The van der Waals surface area contributed by atoms with Crippen molar-refractivity contribution in [3.05, 3.63) is 0 Å². The van der Waals surface area contributed by atoms with Crippen molar-refractivity contribution >= 4 is 40.8 Å². The summed E-state index contributed by atoms with van der Waals surface area (Å²) in [5, 5.41) is 8.40. The van der Waals surface area contributed by atoms with Gasteiger partial charge >= 0.3 is 5.97 Å². The van der Waals surface area contributed by atoms with E-state index in [0.717, 1.165) is 0 Å². The molecule has 7 heteroatoms. The molecule has 0 heterocycles. The number of hydrogen-bond acceptors (Lipinski definition) is 3. The highest BCUT2D eigenvalue weighted by atomic mass is 35.6. The van der Waals surface area contributed by atoms with Crippen LogP contribution in [-0.4, -0.2) is 46.7 Å². The Balaban J connectivity index is 3.93. The van der Waals surface area contributed by atoms with Gasteiger partial charge in [0.05, 0.1) is 0 Å². The van der Waals surface area contributed by atoms with E-state index in [1.807, 2.05) is 0 Å². The molecule has 0 saturated heterocycles. The minimum Gasteiger partial charge on any atom is -0.481 e. The molecular weight excluding hydrogens is 264 g/mol. The largest absolute Gasteiger partial charge is 0.481 e. The number of carboxylic acid groups (broad SMARTS) is 1. The first kappa shape index (κ1) is 15.3. The Morgan fingerprint density at radius 1 is 1.47 bits per heavy atom. The first-order valence-corrected chi connectivity index (χ1v) is 5.45. The SMILES string of the molecule is CN(C)[C@H](OCCCC(=O)O)C(Cl)(Cl)Cl. The molecule has 0 spiro atoms. The Bertz CT molecular complexity index is 206. The molecule has 0 aliphatic carbocycles. The van der Waals surface area contributed by atoms with Gasteiger partial charge in [0, 0.05) is 13.0 Å². The molecule has 0 amide bonds. The van der Waals surface area contributed by atoms with E-state index in [1.165, 1.54) is 0 Å². The highest BCUT2D eigenvalue weighted by Crippen LogP contribution is 2.33. The average molecular weight is 279 g/mol. The summed E-state index contributed by atoms with van der Waals surface area (Å²) in [6.07, 6.45) is -0.253. The normalized spacial score (nSPS) is 14.3. The maximum absolute atomic E-state index is 10.2. The third kappa shape index (κ3) is 7.19. The molecule has 1 atom stereocenters. The van der Waals surface area contributed by atoms with Crippen LogP contribution in [0, 0.1) is 0 Å². The summed E-state index contributed by atoms with van der Waals surface area (Å²) in [4.78, 5) is 11.8. The zero-order valence-corrected chi connectivity index (χ0v) is 10.8. The fourth-order valence-corrected chi connectivity index (χ4v) is 1.73. The van der Waals surface area contributed by atoms with Gasteiger partial charge in [0.1, 0.15) is 0 Å². The number of nitrogens with zero attached hydrogens (tertiary/aromatic N) is 1. The molecule has 0 fully saturated rings. The van der Waals surface area contributed by atoms with Crippen LogP contribution in [-0.2, 0) is 9.53 Å². The van der Waals surface area contributed by atoms with Crippen molar-refractivity contribution in [1.29, 1.82) is 0 Å². The summed E-state index contributed by atoms with van der Waals surface area (Å²) in [7, 11) is 3.42. The van der Waals surface area contributed by atoms with Crippen LogP contribution in [0.3, 0.4) is 0 Å². The molecule has 0 aliphatic heterocycles. The van der Waals surface area contributed by atoms with E-state index in [9.17, 15) is 4.79 Å². The molecule has 0 bridgehead atoms. The number of carboxylic acids is 1. The van der Waals surface area contributed by atoms with Crippen LogP contribution >= 0.6 is 34.8 Å². The van der Waals surface area contributed by atoms with E-state index >= 15 is 0 Å². The van der Waals surface area contributed by atoms with E-state index in [4.69, 9.17) is 44.6 Å². The molecule has 0 aliphatic rings. The highest BCUT2D eigenvalue weighted by molar-refractivity contribution is 6.68. The Hall–Kier alpha value is 0.260. The third-order valence-corrected chi connectivity index (χ3v) is 2.12. The topological polar surface area (TPSA) is 49.8 Å². The fourth-order valence-electron chi connectivity index (χ4n) is 0.955. The van der Waals surface area contributed by atoms with Gasteiger partial charge in [-0.05, 0) is 20.5 Å². The molecule has 0 unspecified atom stereocenters. The highest BCUT2D eigenvalue weighted by Gasteiger charge is 2.35. The van der Waals surface area contributed by atoms with Gasteiger partial charge in [-0.2, -0.15) is 0 Å². The van der Waals surface area contributed by atoms with E-state index < -0.39 is 16.0 Å². The smallest absolute Gasteiger partial charge is 0.303 e. The van der Waals surface area contributed by atoms with Crippen molar-refractivity contribution in [3.8, 4) is 0 Å². The van der Waals surface area contributed by atoms with E-state index in [1.54, 1.807) is 19.0 Å². The Labute approximate surface area is 104 Å². The molecule has 15 heavy (non-hydrogen) atoms. The van der Waals surface area contributed by atoms with Crippen molar-refractivity contribution in [2.45, 2.75) is 22.9 Å². The molecule has 0 saturated carbocycles. The molecule has 0 aromatic rings. The van der Waals surface area contributed by atoms with Crippen molar-refractivity contribution in [2.24, 2.45) is 0 Å². The monoisotopic (exact) mass is 277 g/mol. The molecular formula is C8H14Cl3NO3. The summed E-state index contributed by atoms with van der Waals surface area (Å²) in [6, 6.07) is 0. The van der Waals surface area contributed by atoms with Crippen LogP contribution in [0.2, 0.25) is 0 Å². The molecule has 0 rings (SSSR count). The lowest BCUT2D eigenvalue weighted by molar-refractivity contribution is -0.137. The maximum atomic E-state index is 10.2. The second kappa shape index (κ2) is 6.76. The lowest BCUT2D eigenvalue weighted by Crippen LogP contribution is -2.41. The summed E-state index contributed by atoms with van der Waals surface area (Å²) >= 11 is 17.1. The quantitative estimate of drug-likeness (QED) is 0.459. The number of rotatable bonds is 6. The van der Waals surface area contributed by atoms with E-state index in [0.29, 0.717) is 6.42 Å². The Kier molecular flexibility index (Phi) is 6.88. The zero-order valence-electron chi connectivity index (χ0n) is 8.54. The molecule has 0 aromatic heterocycles. The number of hydrogen-bond donors (Lipinski definition) is 1. The van der Waals surface area contributed by atoms with Crippen molar-refractivity contribution < 1.29 is 14.6 Å². The Morgan fingerprint density at radius 2 is 2.00 bits per heavy atom. The van der Waals surface area contributed by atoms with Gasteiger partial charge in [-0.15, -0.1) is 0 Å². The predicted molar refractivity (Wildman–Crippen MR) is 60.6 cm³/mol. The van der Waals surface area contributed by atoms with Crippen LogP contribution in [0.5, 0.6) is 0 Å². The summed E-state index contributed by atoms with van der Waals surface area (Å²) in [6.45, 7) is 0.239. The molecule has 0 radical (unpaired) electrons. The second-order valence-corrected chi connectivity index (χ2v) is 5.59. The van der Waals surface area contributed by atoms with Gasteiger partial charge < -0.3 is 9.84 Å². The molecule has 90 valence electrons. The van der Waals surface area contributed by atoms with Gasteiger partial charge in [-0.25, -0.2) is 0 Å².